The lowest BCUT2D eigenvalue weighted by Gasteiger charge is -2.30. The van der Waals surface area contributed by atoms with Crippen LogP contribution in [-0.2, 0) is 10.8 Å². The molecular formula is C14H22O. The first-order chi connectivity index (χ1) is 7.05. The number of phenols is 1. The molecule has 1 heteroatoms. The average Bonchev–Trinajstić information content (AvgIpc) is 2.05. The van der Waals surface area contributed by atoms with Gasteiger partial charge in [0, 0.05) is 0 Å². The molecule has 0 heterocycles. The van der Waals surface area contributed by atoms with Crippen LogP contribution < -0.4 is 0 Å². The van der Waals surface area contributed by atoms with Crippen molar-refractivity contribution < 1.29 is 6.48 Å². The van der Waals surface area contributed by atoms with E-state index in [-0.39, 0.29) is 22.6 Å². The van der Waals surface area contributed by atoms with Crippen LogP contribution in [0.3, 0.4) is 0 Å². The second kappa shape index (κ2) is 3.55. The summed E-state index contributed by atoms with van der Waals surface area (Å²) in [7, 11) is 0. The summed E-state index contributed by atoms with van der Waals surface area (Å²) in [6.45, 7) is 12.6. The molecule has 0 aromatic heterocycles. The van der Waals surface area contributed by atoms with Crippen molar-refractivity contribution in [3.05, 3.63) is 29.3 Å². The summed E-state index contributed by atoms with van der Waals surface area (Å²) in [5.41, 5.74) is 1.95. The van der Waals surface area contributed by atoms with E-state index < -0.39 is 0 Å². The van der Waals surface area contributed by atoms with Crippen molar-refractivity contribution in [3.8, 4) is 5.75 Å². The van der Waals surface area contributed by atoms with E-state index in [4.69, 9.17) is 1.37 Å². The number of phenolic OH excluding ortho intramolecular Hbond substituents is 1. The van der Waals surface area contributed by atoms with Gasteiger partial charge in [-0.15, -0.1) is 0 Å². The smallest absolute Gasteiger partial charge is 0.115 e. The summed E-state index contributed by atoms with van der Waals surface area (Å²) in [6.07, 6.45) is 0. The van der Waals surface area contributed by atoms with Crippen LogP contribution in [0.25, 0.3) is 0 Å². The molecule has 0 spiro atoms. The minimum atomic E-state index is -0.127. The molecule has 0 atom stereocenters. The van der Waals surface area contributed by atoms with Gasteiger partial charge in [-0.2, -0.15) is 0 Å². The van der Waals surface area contributed by atoms with Gasteiger partial charge in [-0.3, -0.25) is 0 Å². The van der Waals surface area contributed by atoms with Crippen LogP contribution in [0.4, 0.5) is 0 Å². The predicted octanol–water partition coefficient (Wildman–Crippen LogP) is 3.99. The van der Waals surface area contributed by atoms with E-state index in [0.29, 0.717) is 0 Å². The van der Waals surface area contributed by atoms with Crippen LogP contribution >= 0.6 is 0 Å². The highest BCUT2D eigenvalue weighted by Crippen LogP contribution is 2.35. The molecule has 1 N–H and O–H groups in total. The first-order valence-electron chi connectivity index (χ1n) is 5.88. The Morgan fingerprint density at radius 3 is 1.80 bits per heavy atom. The summed E-state index contributed by atoms with van der Waals surface area (Å²) in [5.74, 6) is 0.0675. The maximum atomic E-state index is 9.67. The lowest BCUT2D eigenvalue weighted by atomic mass is 9.75. The average molecular weight is 207 g/mol. The Bertz CT molecular complexity index is 394. The van der Waals surface area contributed by atoms with Crippen LogP contribution in [0.5, 0.6) is 5.75 Å². The highest BCUT2D eigenvalue weighted by atomic mass is 16.3. The van der Waals surface area contributed by atoms with Gasteiger partial charge in [0.25, 0.3) is 0 Å². The van der Waals surface area contributed by atoms with Gasteiger partial charge in [0.2, 0.25) is 0 Å². The van der Waals surface area contributed by atoms with Gasteiger partial charge < -0.3 is 5.11 Å². The van der Waals surface area contributed by atoms with Gasteiger partial charge in [-0.25, -0.2) is 0 Å². The first kappa shape index (κ1) is 10.5. The largest absolute Gasteiger partial charge is 0.508 e. The summed E-state index contributed by atoms with van der Waals surface area (Å²) in [5, 5.41) is 9.67. The molecule has 0 aliphatic carbocycles. The molecule has 0 aliphatic rings. The monoisotopic (exact) mass is 207 g/mol. The Balaban J connectivity index is 3.59. The zero-order valence-electron chi connectivity index (χ0n) is 11.6. The first-order valence-corrected chi connectivity index (χ1v) is 5.38. The standard InChI is InChI=1S/C14H22O/c1-13(2,3)11-8-7-10(15)9-12(11)14(4,5)6/h7-9,15H,1-6H3/i9D. The molecule has 0 aliphatic heterocycles. The van der Waals surface area contributed by atoms with Gasteiger partial charge >= 0.3 is 0 Å². The van der Waals surface area contributed by atoms with Gasteiger partial charge in [0.15, 0.2) is 0 Å². The molecule has 0 saturated carbocycles. The molecule has 0 radical (unpaired) electrons. The van der Waals surface area contributed by atoms with E-state index >= 15 is 0 Å². The molecule has 0 bridgehead atoms. The SMILES string of the molecule is [2H]c1c(O)ccc(C(C)(C)C)c1C(C)(C)C. The molecule has 0 amide bonds. The molecule has 0 saturated heterocycles. The van der Waals surface area contributed by atoms with Crippen LogP contribution in [-0.4, -0.2) is 5.11 Å². The van der Waals surface area contributed by atoms with E-state index in [1.807, 2.05) is 6.07 Å². The number of hydrogen-bond donors (Lipinski definition) is 1. The van der Waals surface area contributed by atoms with Crippen molar-refractivity contribution in [3.63, 3.8) is 0 Å². The lowest BCUT2D eigenvalue weighted by Crippen LogP contribution is -2.21. The highest BCUT2D eigenvalue weighted by Gasteiger charge is 2.24. The number of rotatable bonds is 0. The molecule has 0 unspecified atom stereocenters. The molecule has 1 aromatic rings. The Morgan fingerprint density at radius 1 is 0.933 bits per heavy atom. The van der Waals surface area contributed by atoms with Crippen LogP contribution in [0.15, 0.2) is 18.2 Å². The minimum Gasteiger partial charge on any atom is -0.508 e. The second-order valence-corrected chi connectivity index (χ2v) is 6.13. The molecule has 84 valence electrons. The van der Waals surface area contributed by atoms with E-state index in [0.717, 1.165) is 11.1 Å². The Labute approximate surface area is 94.6 Å². The molecular weight excluding hydrogens is 184 g/mol. The fourth-order valence-corrected chi connectivity index (χ4v) is 1.70. The topological polar surface area (TPSA) is 20.2 Å². The third-order valence-corrected chi connectivity index (χ3v) is 2.49. The number of hydrogen-bond acceptors (Lipinski definition) is 1. The summed E-state index contributed by atoms with van der Waals surface area (Å²) in [6, 6.07) is 3.83. The molecule has 1 nitrogen and oxygen atoms in total. The Kier molecular flexibility index (Phi) is 2.49. The van der Waals surface area contributed by atoms with E-state index in [2.05, 4.69) is 41.5 Å². The quantitative estimate of drug-likeness (QED) is 0.682. The van der Waals surface area contributed by atoms with Crippen molar-refractivity contribution in [2.75, 3.05) is 0 Å². The van der Waals surface area contributed by atoms with Crippen molar-refractivity contribution >= 4 is 0 Å². The van der Waals surface area contributed by atoms with Gasteiger partial charge in [0.05, 0.1) is 1.37 Å². The van der Waals surface area contributed by atoms with Gasteiger partial charge in [0.1, 0.15) is 5.75 Å². The summed E-state index contributed by atoms with van der Waals surface area (Å²) < 4.78 is 8.02. The summed E-state index contributed by atoms with van der Waals surface area (Å²) in [4.78, 5) is 0. The third-order valence-electron chi connectivity index (χ3n) is 2.49. The number of benzene rings is 1. The fourth-order valence-electron chi connectivity index (χ4n) is 1.70. The maximum Gasteiger partial charge on any atom is 0.115 e. The lowest BCUT2D eigenvalue weighted by molar-refractivity contribution is 0.466. The fraction of sp³-hybridized carbons (Fsp3) is 0.571. The third kappa shape index (κ3) is 2.74. The van der Waals surface area contributed by atoms with Crippen molar-refractivity contribution in [2.24, 2.45) is 0 Å². The van der Waals surface area contributed by atoms with E-state index in [1.54, 1.807) is 6.07 Å². The number of aromatic hydroxyl groups is 1. The molecule has 15 heavy (non-hydrogen) atoms. The zero-order chi connectivity index (χ0) is 12.7. The van der Waals surface area contributed by atoms with Crippen molar-refractivity contribution in [2.45, 2.75) is 52.4 Å². The van der Waals surface area contributed by atoms with Crippen LogP contribution in [0, 0.1) is 0 Å². The second-order valence-electron chi connectivity index (χ2n) is 6.13. The van der Waals surface area contributed by atoms with Crippen LogP contribution in [0.1, 0.15) is 54.0 Å². The molecule has 1 rings (SSSR count). The van der Waals surface area contributed by atoms with Crippen molar-refractivity contribution in [1.82, 2.24) is 0 Å². The summed E-state index contributed by atoms with van der Waals surface area (Å²) >= 11 is 0. The van der Waals surface area contributed by atoms with Gasteiger partial charge in [-0.05, 0) is 34.1 Å². The predicted molar refractivity (Wildman–Crippen MR) is 65.5 cm³/mol. The Hall–Kier alpha value is -0.980. The normalized spacial score (nSPS) is 13.9. The van der Waals surface area contributed by atoms with E-state index in [1.165, 1.54) is 0 Å². The van der Waals surface area contributed by atoms with Crippen molar-refractivity contribution in [1.29, 1.82) is 0 Å². The molecule has 0 fully saturated rings. The molecule has 1 aromatic carbocycles. The zero-order valence-corrected chi connectivity index (χ0v) is 10.6. The minimum absolute atomic E-state index is 0.00782. The van der Waals surface area contributed by atoms with Gasteiger partial charge in [-0.1, -0.05) is 47.6 Å². The highest BCUT2D eigenvalue weighted by molar-refractivity contribution is 5.42. The van der Waals surface area contributed by atoms with Crippen LogP contribution in [0.2, 0.25) is 0 Å². The maximum absolute atomic E-state index is 9.67. The Morgan fingerprint density at radius 2 is 1.40 bits per heavy atom. The van der Waals surface area contributed by atoms with E-state index in [9.17, 15) is 5.11 Å².